The molecule has 1 aliphatic carbocycles. The normalized spacial score (nSPS) is 32.9. The van der Waals surface area contributed by atoms with Crippen LogP contribution in [-0.2, 0) is 0 Å². The Morgan fingerprint density at radius 2 is 1.80 bits per heavy atom. The van der Waals surface area contributed by atoms with E-state index in [1.54, 1.807) is 0 Å². The molecule has 1 saturated heterocycles. The van der Waals surface area contributed by atoms with Crippen molar-refractivity contribution in [3.8, 4) is 11.8 Å². The molecule has 0 atom stereocenters. The van der Waals surface area contributed by atoms with Gasteiger partial charge in [-0.3, -0.25) is 0 Å². The highest BCUT2D eigenvalue weighted by Gasteiger charge is 2.29. The van der Waals surface area contributed by atoms with Crippen molar-refractivity contribution in [1.29, 1.82) is 0 Å². The van der Waals surface area contributed by atoms with Crippen LogP contribution in [0.15, 0.2) is 0 Å². The minimum atomic E-state index is 0.679. The average Bonchev–Trinajstić information content (AvgIpc) is 2.18. The van der Waals surface area contributed by atoms with E-state index < -0.39 is 0 Å². The van der Waals surface area contributed by atoms with E-state index in [9.17, 15) is 0 Å². The van der Waals surface area contributed by atoms with Gasteiger partial charge in [0.2, 0.25) is 0 Å². The first kappa shape index (κ1) is 11.0. The van der Waals surface area contributed by atoms with Crippen LogP contribution in [0.5, 0.6) is 0 Å². The van der Waals surface area contributed by atoms with Crippen LogP contribution in [0.25, 0.3) is 0 Å². The number of nitrogens with one attached hydrogen (secondary N) is 1. The molecule has 0 bridgehead atoms. The van der Waals surface area contributed by atoms with Gasteiger partial charge in [0.15, 0.2) is 0 Å². The topological polar surface area (TPSA) is 15.3 Å². The van der Waals surface area contributed by atoms with Crippen molar-refractivity contribution in [2.45, 2.75) is 44.7 Å². The Bertz CT molecular complexity index is 249. The zero-order valence-electron chi connectivity index (χ0n) is 9.92. The Kier molecular flexibility index (Phi) is 3.66. The van der Waals surface area contributed by atoms with Gasteiger partial charge in [-0.1, -0.05) is 0 Å². The number of nitrogens with zero attached hydrogens (tertiary/aromatic N) is 1. The van der Waals surface area contributed by atoms with Crippen molar-refractivity contribution in [3.63, 3.8) is 0 Å². The van der Waals surface area contributed by atoms with E-state index in [2.05, 4.69) is 29.1 Å². The fourth-order valence-corrected chi connectivity index (χ4v) is 2.58. The van der Waals surface area contributed by atoms with E-state index in [4.69, 9.17) is 0 Å². The van der Waals surface area contributed by atoms with Gasteiger partial charge in [0.05, 0.1) is 0 Å². The molecule has 84 valence electrons. The molecule has 1 aliphatic heterocycles. The van der Waals surface area contributed by atoms with Crippen molar-refractivity contribution in [3.05, 3.63) is 0 Å². The molecule has 1 saturated carbocycles. The van der Waals surface area contributed by atoms with Gasteiger partial charge in [0.1, 0.15) is 0 Å². The molecule has 0 amide bonds. The predicted octanol–water partition coefficient (Wildman–Crippen LogP) is 1.47. The Morgan fingerprint density at radius 3 is 2.40 bits per heavy atom. The third-order valence-electron chi connectivity index (χ3n) is 3.68. The second kappa shape index (κ2) is 5.01. The third-order valence-corrected chi connectivity index (χ3v) is 3.68. The largest absolute Gasteiger partial charge is 0.311 e. The Balaban J connectivity index is 1.64. The summed E-state index contributed by atoms with van der Waals surface area (Å²) >= 11 is 0. The maximum absolute atomic E-state index is 3.77. The van der Waals surface area contributed by atoms with Gasteiger partial charge in [0, 0.05) is 18.0 Å². The molecule has 2 heteroatoms. The fraction of sp³-hybridized carbons (Fsp3) is 0.846. The highest BCUT2D eigenvalue weighted by molar-refractivity contribution is 5.08. The maximum Gasteiger partial charge on any atom is 0.0232 e. The third kappa shape index (κ3) is 2.96. The summed E-state index contributed by atoms with van der Waals surface area (Å²) in [5, 5.41) is 3.77. The lowest BCUT2D eigenvalue weighted by molar-refractivity contribution is 0.188. The Labute approximate surface area is 93.4 Å². The van der Waals surface area contributed by atoms with Crippen LogP contribution in [0.4, 0.5) is 0 Å². The van der Waals surface area contributed by atoms with Crippen LogP contribution in [-0.4, -0.2) is 37.1 Å². The maximum atomic E-state index is 3.77. The van der Waals surface area contributed by atoms with Gasteiger partial charge in [0.25, 0.3) is 0 Å². The molecule has 0 unspecified atom stereocenters. The van der Waals surface area contributed by atoms with Gasteiger partial charge >= 0.3 is 0 Å². The minimum Gasteiger partial charge on any atom is -0.311 e. The molecule has 2 aliphatic rings. The fourth-order valence-electron chi connectivity index (χ4n) is 2.58. The molecule has 2 fully saturated rings. The van der Waals surface area contributed by atoms with Crippen molar-refractivity contribution < 1.29 is 0 Å². The van der Waals surface area contributed by atoms with Crippen molar-refractivity contribution in [1.82, 2.24) is 10.2 Å². The first-order valence-electron chi connectivity index (χ1n) is 6.15. The smallest absolute Gasteiger partial charge is 0.0232 e. The zero-order chi connectivity index (χ0) is 10.7. The molecular weight excluding hydrogens is 184 g/mol. The Morgan fingerprint density at radius 1 is 1.13 bits per heavy atom. The summed E-state index contributed by atoms with van der Waals surface area (Å²) in [4.78, 5) is 2.42. The number of rotatable bonds is 2. The molecule has 0 aromatic carbocycles. The molecule has 2 nitrogen and oxygen atoms in total. The van der Waals surface area contributed by atoms with E-state index >= 15 is 0 Å². The van der Waals surface area contributed by atoms with E-state index in [0.29, 0.717) is 5.92 Å². The summed E-state index contributed by atoms with van der Waals surface area (Å²) in [7, 11) is 2.21. The van der Waals surface area contributed by atoms with E-state index in [1.165, 1.54) is 38.8 Å². The molecule has 0 spiro atoms. The van der Waals surface area contributed by atoms with Crippen molar-refractivity contribution >= 4 is 0 Å². The summed E-state index contributed by atoms with van der Waals surface area (Å²) in [5.74, 6) is 6.95. The lowest BCUT2D eigenvalue weighted by atomic mass is 9.80. The molecule has 0 aromatic heterocycles. The first-order chi connectivity index (χ1) is 7.28. The molecular formula is C13H22N2. The number of hydrogen-bond acceptors (Lipinski definition) is 2. The molecule has 1 heterocycles. The van der Waals surface area contributed by atoms with Crippen LogP contribution in [0, 0.1) is 17.8 Å². The lowest BCUT2D eigenvalue weighted by Crippen LogP contribution is -2.49. The van der Waals surface area contributed by atoms with Crippen molar-refractivity contribution in [2.75, 3.05) is 20.1 Å². The highest BCUT2D eigenvalue weighted by Crippen LogP contribution is 2.27. The molecule has 0 radical (unpaired) electrons. The SMILES string of the molecule is CC#CC1CC(NC2CCN(C)CC2)C1. The molecule has 0 aromatic rings. The van der Waals surface area contributed by atoms with Crippen LogP contribution < -0.4 is 5.32 Å². The number of hydrogen-bond donors (Lipinski definition) is 1. The van der Waals surface area contributed by atoms with Crippen LogP contribution in [0.1, 0.15) is 32.6 Å². The second-order valence-corrected chi connectivity index (χ2v) is 5.00. The standard InChI is InChI=1S/C13H22N2/c1-3-4-11-9-13(10-11)14-12-5-7-15(2)8-6-12/h11-14H,5-10H2,1-2H3. The predicted molar refractivity (Wildman–Crippen MR) is 63.6 cm³/mol. The van der Waals surface area contributed by atoms with Crippen LogP contribution in [0.3, 0.4) is 0 Å². The summed E-state index contributed by atoms with van der Waals surface area (Å²) in [6.45, 7) is 4.45. The first-order valence-corrected chi connectivity index (χ1v) is 6.15. The number of piperidine rings is 1. The molecule has 1 N–H and O–H groups in total. The van der Waals surface area contributed by atoms with Crippen molar-refractivity contribution in [2.24, 2.45) is 5.92 Å². The molecule has 2 rings (SSSR count). The van der Waals surface area contributed by atoms with E-state index in [0.717, 1.165) is 12.1 Å². The zero-order valence-corrected chi connectivity index (χ0v) is 9.92. The minimum absolute atomic E-state index is 0.679. The summed E-state index contributed by atoms with van der Waals surface area (Å²) in [5.41, 5.74) is 0. The summed E-state index contributed by atoms with van der Waals surface area (Å²) < 4.78 is 0. The number of likely N-dealkylation sites (tertiary alicyclic amines) is 1. The van der Waals surface area contributed by atoms with Gasteiger partial charge in [-0.25, -0.2) is 0 Å². The lowest BCUT2D eigenvalue weighted by Gasteiger charge is -2.38. The van der Waals surface area contributed by atoms with Crippen LogP contribution >= 0.6 is 0 Å². The van der Waals surface area contributed by atoms with E-state index in [-0.39, 0.29) is 0 Å². The summed E-state index contributed by atoms with van der Waals surface area (Å²) in [6.07, 6.45) is 5.18. The van der Waals surface area contributed by atoms with Gasteiger partial charge < -0.3 is 10.2 Å². The van der Waals surface area contributed by atoms with Gasteiger partial charge in [-0.05, 0) is 52.7 Å². The quantitative estimate of drug-likeness (QED) is 0.688. The van der Waals surface area contributed by atoms with Gasteiger partial charge in [-0.2, -0.15) is 0 Å². The van der Waals surface area contributed by atoms with Gasteiger partial charge in [-0.15, -0.1) is 11.8 Å². The average molecular weight is 206 g/mol. The molecule has 15 heavy (non-hydrogen) atoms. The second-order valence-electron chi connectivity index (χ2n) is 5.00. The van der Waals surface area contributed by atoms with Crippen LogP contribution in [0.2, 0.25) is 0 Å². The summed E-state index contributed by atoms with van der Waals surface area (Å²) in [6, 6.07) is 1.52. The monoisotopic (exact) mass is 206 g/mol. The van der Waals surface area contributed by atoms with E-state index in [1.807, 2.05) is 6.92 Å². The Hall–Kier alpha value is -0.520. The highest BCUT2D eigenvalue weighted by atomic mass is 15.1.